The first kappa shape index (κ1) is 14.9. The van der Waals surface area contributed by atoms with Crippen LogP contribution in [0.15, 0.2) is 0 Å². The zero-order valence-electron chi connectivity index (χ0n) is 10.7. The minimum atomic E-state index is -2.82. The molecule has 1 saturated heterocycles. The Balaban J connectivity index is 1.94. The van der Waals surface area contributed by atoms with E-state index in [9.17, 15) is 8.42 Å². The van der Waals surface area contributed by atoms with Gasteiger partial charge >= 0.3 is 0 Å². The highest BCUT2D eigenvalue weighted by Gasteiger charge is 2.09. The van der Waals surface area contributed by atoms with E-state index in [0.717, 1.165) is 45.8 Å². The molecule has 5 nitrogen and oxygen atoms in total. The zero-order chi connectivity index (χ0) is 12.6. The van der Waals surface area contributed by atoms with Gasteiger partial charge in [-0.3, -0.25) is 4.90 Å². The number of sulfone groups is 1. The predicted octanol–water partition coefficient (Wildman–Crippen LogP) is -0.267. The smallest absolute Gasteiger partial charge is 0.151 e. The van der Waals surface area contributed by atoms with Crippen molar-refractivity contribution in [2.45, 2.75) is 13.3 Å². The second kappa shape index (κ2) is 8.02. The van der Waals surface area contributed by atoms with E-state index in [1.807, 2.05) is 0 Å². The lowest BCUT2D eigenvalue weighted by molar-refractivity contribution is 0.0375. The van der Waals surface area contributed by atoms with E-state index in [1.165, 1.54) is 0 Å². The summed E-state index contributed by atoms with van der Waals surface area (Å²) in [6.07, 6.45) is 1.06. The lowest BCUT2D eigenvalue weighted by Crippen LogP contribution is -2.38. The molecular formula is C11H24N2O3S. The van der Waals surface area contributed by atoms with Gasteiger partial charge in [-0.25, -0.2) is 8.42 Å². The summed E-state index contributed by atoms with van der Waals surface area (Å²) < 4.78 is 27.7. The first-order valence-corrected chi connectivity index (χ1v) is 8.17. The van der Waals surface area contributed by atoms with Gasteiger partial charge in [0.15, 0.2) is 9.84 Å². The van der Waals surface area contributed by atoms with Crippen LogP contribution in [0.1, 0.15) is 13.3 Å². The van der Waals surface area contributed by atoms with E-state index in [4.69, 9.17) is 4.74 Å². The van der Waals surface area contributed by atoms with E-state index in [2.05, 4.69) is 10.2 Å². The highest BCUT2D eigenvalue weighted by molar-refractivity contribution is 7.91. The van der Waals surface area contributed by atoms with Gasteiger partial charge in [0.1, 0.15) is 0 Å². The number of ether oxygens (including phenoxy) is 1. The van der Waals surface area contributed by atoms with Crippen LogP contribution in [-0.2, 0) is 14.6 Å². The monoisotopic (exact) mass is 264 g/mol. The normalized spacial score (nSPS) is 18.4. The second-order valence-corrected chi connectivity index (χ2v) is 6.77. The van der Waals surface area contributed by atoms with E-state index in [-0.39, 0.29) is 11.5 Å². The number of hydrogen-bond acceptors (Lipinski definition) is 5. The van der Waals surface area contributed by atoms with Crippen molar-refractivity contribution in [2.24, 2.45) is 0 Å². The maximum Gasteiger partial charge on any atom is 0.151 e. The van der Waals surface area contributed by atoms with Crippen LogP contribution in [0.4, 0.5) is 0 Å². The molecular weight excluding hydrogens is 240 g/mol. The molecule has 0 radical (unpaired) electrons. The average molecular weight is 264 g/mol. The largest absolute Gasteiger partial charge is 0.379 e. The number of hydrogen-bond donors (Lipinski definition) is 1. The van der Waals surface area contributed by atoms with E-state index in [0.29, 0.717) is 6.54 Å². The lowest BCUT2D eigenvalue weighted by atomic mass is 10.3. The van der Waals surface area contributed by atoms with Gasteiger partial charge in [-0.05, 0) is 19.5 Å². The Labute approximate surface area is 104 Å². The molecule has 0 unspecified atom stereocenters. The molecule has 0 aromatic heterocycles. The topological polar surface area (TPSA) is 58.6 Å². The fourth-order valence-electron chi connectivity index (χ4n) is 1.75. The molecule has 0 aromatic rings. The van der Waals surface area contributed by atoms with E-state index in [1.54, 1.807) is 6.92 Å². The highest BCUT2D eigenvalue weighted by atomic mass is 32.2. The summed E-state index contributed by atoms with van der Waals surface area (Å²) in [5.41, 5.74) is 0. The number of nitrogens with zero attached hydrogens (tertiary/aromatic N) is 1. The Kier molecular flexibility index (Phi) is 7.03. The fraction of sp³-hybridized carbons (Fsp3) is 1.00. The van der Waals surface area contributed by atoms with Crippen LogP contribution >= 0.6 is 0 Å². The highest BCUT2D eigenvalue weighted by Crippen LogP contribution is 1.97. The Morgan fingerprint density at radius 1 is 1.24 bits per heavy atom. The molecule has 1 heterocycles. The summed E-state index contributed by atoms with van der Waals surface area (Å²) in [5, 5.41) is 3.18. The van der Waals surface area contributed by atoms with E-state index < -0.39 is 9.84 Å². The van der Waals surface area contributed by atoms with Crippen LogP contribution in [0, 0.1) is 0 Å². The summed E-state index contributed by atoms with van der Waals surface area (Å²) in [4.78, 5) is 2.38. The first-order valence-electron chi connectivity index (χ1n) is 6.35. The van der Waals surface area contributed by atoms with Gasteiger partial charge in [-0.15, -0.1) is 0 Å². The number of morpholine rings is 1. The van der Waals surface area contributed by atoms with Crippen molar-refractivity contribution in [3.63, 3.8) is 0 Å². The molecule has 102 valence electrons. The van der Waals surface area contributed by atoms with Gasteiger partial charge in [-0.2, -0.15) is 0 Å². The van der Waals surface area contributed by atoms with Crippen molar-refractivity contribution in [3.05, 3.63) is 0 Å². The molecule has 1 aliphatic rings. The van der Waals surface area contributed by atoms with Crippen molar-refractivity contribution in [1.29, 1.82) is 0 Å². The minimum absolute atomic E-state index is 0.239. The Morgan fingerprint density at radius 2 is 1.94 bits per heavy atom. The van der Waals surface area contributed by atoms with Crippen LogP contribution in [0.25, 0.3) is 0 Å². The van der Waals surface area contributed by atoms with Crippen molar-refractivity contribution < 1.29 is 13.2 Å². The standard InChI is InChI=1S/C11H24N2O3S/c1-2-17(14,15)11-5-12-4-3-6-13-7-9-16-10-8-13/h12H,2-11H2,1H3. The van der Waals surface area contributed by atoms with Gasteiger partial charge in [0.2, 0.25) is 0 Å². The molecule has 1 N–H and O–H groups in total. The SMILES string of the molecule is CCS(=O)(=O)CCNCCCN1CCOCC1. The summed E-state index contributed by atoms with van der Waals surface area (Å²) in [5.74, 6) is 0.490. The zero-order valence-corrected chi connectivity index (χ0v) is 11.5. The summed E-state index contributed by atoms with van der Waals surface area (Å²) in [7, 11) is -2.82. The molecule has 17 heavy (non-hydrogen) atoms. The maximum absolute atomic E-state index is 11.2. The maximum atomic E-state index is 11.2. The first-order chi connectivity index (χ1) is 8.14. The molecule has 0 bridgehead atoms. The van der Waals surface area contributed by atoms with Gasteiger partial charge in [0, 0.05) is 25.4 Å². The van der Waals surface area contributed by atoms with Gasteiger partial charge in [-0.1, -0.05) is 6.92 Å². The molecule has 1 aliphatic heterocycles. The number of nitrogens with one attached hydrogen (secondary N) is 1. The summed E-state index contributed by atoms with van der Waals surface area (Å²) >= 11 is 0. The third-order valence-corrected chi connectivity index (χ3v) is 4.67. The van der Waals surface area contributed by atoms with Crippen LogP contribution in [0.3, 0.4) is 0 Å². The third-order valence-electron chi connectivity index (χ3n) is 2.96. The van der Waals surface area contributed by atoms with Gasteiger partial charge in [0.05, 0.1) is 19.0 Å². The third kappa shape index (κ3) is 6.98. The molecule has 0 aromatic carbocycles. The molecule has 1 rings (SSSR count). The Hall–Kier alpha value is -0.170. The predicted molar refractivity (Wildman–Crippen MR) is 69.1 cm³/mol. The summed E-state index contributed by atoms with van der Waals surface area (Å²) in [6.45, 7) is 7.92. The van der Waals surface area contributed by atoms with Crippen molar-refractivity contribution in [2.75, 3.05) is 57.4 Å². The molecule has 0 aliphatic carbocycles. The van der Waals surface area contributed by atoms with Crippen LogP contribution < -0.4 is 5.32 Å². The molecule has 6 heteroatoms. The Bertz CT molecular complexity index is 287. The minimum Gasteiger partial charge on any atom is -0.379 e. The van der Waals surface area contributed by atoms with Crippen LogP contribution in [0.2, 0.25) is 0 Å². The lowest BCUT2D eigenvalue weighted by Gasteiger charge is -2.26. The van der Waals surface area contributed by atoms with Crippen molar-refractivity contribution in [1.82, 2.24) is 10.2 Å². The van der Waals surface area contributed by atoms with E-state index >= 15 is 0 Å². The number of rotatable bonds is 8. The summed E-state index contributed by atoms with van der Waals surface area (Å²) in [6, 6.07) is 0. The van der Waals surface area contributed by atoms with Crippen LogP contribution in [0.5, 0.6) is 0 Å². The average Bonchev–Trinajstić information content (AvgIpc) is 2.35. The molecule has 1 fully saturated rings. The van der Waals surface area contributed by atoms with Gasteiger partial charge in [0.25, 0.3) is 0 Å². The fourth-order valence-corrected chi connectivity index (χ4v) is 2.49. The Morgan fingerprint density at radius 3 is 2.59 bits per heavy atom. The molecule has 0 saturated carbocycles. The molecule has 0 spiro atoms. The quantitative estimate of drug-likeness (QED) is 0.612. The van der Waals surface area contributed by atoms with Crippen LogP contribution in [-0.4, -0.2) is 70.8 Å². The molecule has 0 atom stereocenters. The molecule has 0 amide bonds. The van der Waals surface area contributed by atoms with Gasteiger partial charge < -0.3 is 10.1 Å². The van der Waals surface area contributed by atoms with Crippen molar-refractivity contribution in [3.8, 4) is 0 Å². The second-order valence-electron chi connectivity index (χ2n) is 4.29. The van der Waals surface area contributed by atoms with Crippen molar-refractivity contribution >= 4 is 9.84 Å².